The number of hydrogen-bond donors (Lipinski definition) is 2. The van der Waals surface area contributed by atoms with Gasteiger partial charge in [0.15, 0.2) is 0 Å². The number of alkyl halides is 2. The summed E-state index contributed by atoms with van der Waals surface area (Å²) in [6.07, 6.45) is 3.40. The summed E-state index contributed by atoms with van der Waals surface area (Å²) >= 11 is 13.7. The number of anilines is 1. The molecule has 0 saturated heterocycles. The van der Waals surface area contributed by atoms with Crippen LogP contribution in [0.3, 0.4) is 0 Å². The predicted octanol–water partition coefficient (Wildman–Crippen LogP) is 6.42. The number of pyridine rings is 1. The van der Waals surface area contributed by atoms with E-state index in [-0.39, 0.29) is 16.8 Å². The quantitative estimate of drug-likeness (QED) is 0.272. The molecule has 4 unspecified atom stereocenters. The molecule has 32 heavy (non-hydrogen) atoms. The van der Waals surface area contributed by atoms with Crippen molar-refractivity contribution in [2.75, 3.05) is 5.32 Å². The van der Waals surface area contributed by atoms with Gasteiger partial charge in [-0.3, -0.25) is 4.98 Å². The molecule has 1 aliphatic heterocycles. The Balaban J connectivity index is 1.65. The minimum atomic E-state index is -1.37. The Labute approximate surface area is 197 Å². The summed E-state index contributed by atoms with van der Waals surface area (Å²) in [6, 6.07) is 29.2. The summed E-state index contributed by atoms with van der Waals surface area (Å²) < 4.78 is 0. The average molecular weight is 461 g/mol. The summed E-state index contributed by atoms with van der Waals surface area (Å²) in [5, 5.41) is 15.1. The lowest BCUT2D eigenvalue weighted by Crippen LogP contribution is -2.32. The maximum absolute atomic E-state index is 12.1. The first-order valence-corrected chi connectivity index (χ1v) is 11.4. The van der Waals surface area contributed by atoms with Crippen molar-refractivity contribution < 1.29 is 5.11 Å². The molecule has 0 bridgehead atoms. The first-order chi connectivity index (χ1) is 15.6. The molecule has 4 aromatic rings. The Hall–Kier alpha value is -2.85. The highest BCUT2D eigenvalue weighted by atomic mass is 35.5. The summed E-state index contributed by atoms with van der Waals surface area (Å²) in [4.78, 5) is 4.25. The van der Waals surface area contributed by atoms with Gasteiger partial charge in [0.1, 0.15) is 11.1 Å². The van der Waals surface area contributed by atoms with Gasteiger partial charge in [0, 0.05) is 29.6 Å². The van der Waals surface area contributed by atoms with Crippen LogP contribution in [0.15, 0.2) is 103 Å². The molecule has 5 heteroatoms. The fourth-order valence-corrected chi connectivity index (χ4v) is 5.45. The van der Waals surface area contributed by atoms with Crippen LogP contribution in [0.5, 0.6) is 0 Å². The van der Waals surface area contributed by atoms with Crippen molar-refractivity contribution >= 4 is 28.9 Å². The van der Waals surface area contributed by atoms with Crippen molar-refractivity contribution in [3.63, 3.8) is 0 Å². The minimum Gasteiger partial charge on any atom is -0.376 e. The van der Waals surface area contributed by atoms with Gasteiger partial charge < -0.3 is 10.4 Å². The summed E-state index contributed by atoms with van der Waals surface area (Å²) in [6.45, 7) is 0. The molecule has 0 radical (unpaired) electrons. The molecule has 2 heterocycles. The standard InChI is InChI=1S/C27H22Cl2N2O/c28-25-22-16-20(13-14-23(22)31-26(29)24(25)18-8-3-1-4-9-18)27(32,19-10-5-2-6-11-19)21-12-7-15-30-17-21/h1-17,24-26,31-32H. The van der Waals surface area contributed by atoms with Gasteiger partial charge in [0.2, 0.25) is 0 Å². The highest BCUT2D eigenvalue weighted by Crippen LogP contribution is 2.49. The van der Waals surface area contributed by atoms with E-state index in [0.717, 1.165) is 27.9 Å². The molecule has 0 amide bonds. The smallest absolute Gasteiger partial charge is 0.142 e. The molecule has 0 fully saturated rings. The third-order valence-corrected chi connectivity index (χ3v) is 7.03. The van der Waals surface area contributed by atoms with E-state index in [1.54, 1.807) is 12.4 Å². The molecule has 0 saturated carbocycles. The van der Waals surface area contributed by atoms with E-state index < -0.39 is 5.60 Å². The number of halogens is 2. The number of fused-ring (bicyclic) bond motifs is 1. The number of nitrogens with one attached hydrogen (secondary N) is 1. The first kappa shape index (κ1) is 21.0. The predicted molar refractivity (Wildman–Crippen MR) is 130 cm³/mol. The molecule has 1 aromatic heterocycles. The fourth-order valence-electron chi connectivity index (χ4n) is 4.50. The number of benzene rings is 3. The third kappa shape index (κ3) is 3.57. The second kappa shape index (κ2) is 8.59. The van der Waals surface area contributed by atoms with Crippen molar-refractivity contribution in [1.29, 1.82) is 0 Å². The van der Waals surface area contributed by atoms with Crippen LogP contribution in [-0.4, -0.2) is 15.6 Å². The maximum Gasteiger partial charge on any atom is 0.142 e. The molecule has 3 aromatic carbocycles. The van der Waals surface area contributed by atoms with Gasteiger partial charge in [0.25, 0.3) is 0 Å². The second-order valence-corrected chi connectivity index (χ2v) is 8.94. The van der Waals surface area contributed by atoms with Gasteiger partial charge in [0.05, 0.1) is 5.38 Å². The van der Waals surface area contributed by atoms with E-state index in [9.17, 15) is 5.11 Å². The van der Waals surface area contributed by atoms with Crippen LogP contribution in [0.4, 0.5) is 5.69 Å². The average Bonchev–Trinajstić information content (AvgIpc) is 2.85. The Morgan fingerprint density at radius 1 is 0.781 bits per heavy atom. The largest absolute Gasteiger partial charge is 0.376 e. The van der Waals surface area contributed by atoms with Crippen LogP contribution < -0.4 is 5.32 Å². The van der Waals surface area contributed by atoms with Crippen LogP contribution in [0, 0.1) is 0 Å². The topological polar surface area (TPSA) is 45.2 Å². The van der Waals surface area contributed by atoms with Crippen LogP contribution in [0.25, 0.3) is 0 Å². The minimum absolute atomic E-state index is 0.120. The van der Waals surface area contributed by atoms with Crippen LogP contribution in [0.1, 0.15) is 39.1 Å². The Morgan fingerprint density at radius 2 is 1.47 bits per heavy atom. The molecule has 3 nitrogen and oxygen atoms in total. The fraction of sp³-hybridized carbons (Fsp3) is 0.148. The highest BCUT2D eigenvalue weighted by molar-refractivity contribution is 6.26. The monoisotopic (exact) mass is 460 g/mol. The zero-order valence-corrected chi connectivity index (χ0v) is 18.7. The SMILES string of the molecule is OC(c1ccccc1)(c1cccnc1)c1ccc2c(c1)C(Cl)C(c1ccccc1)C(Cl)N2. The van der Waals surface area contributed by atoms with Crippen molar-refractivity contribution in [3.8, 4) is 0 Å². The molecule has 4 atom stereocenters. The van der Waals surface area contributed by atoms with Gasteiger partial charge in [-0.15, -0.1) is 11.6 Å². The van der Waals surface area contributed by atoms with Crippen molar-refractivity contribution in [1.82, 2.24) is 4.98 Å². The van der Waals surface area contributed by atoms with Gasteiger partial charge in [-0.1, -0.05) is 84.4 Å². The second-order valence-electron chi connectivity index (χ2n) is 8.00. The highest BCUT2D eigenvalue weighted by Gasteiger charge is 2.39. The van der Waals surface area contributed by atoms with E-state index in [4.69, 9.17) is 23.2 Å². The summed E-state index contributed by atoms with van der Waals surface area (Å²) in [7, 11) is 0. The molecule has 1 aliphatic rings. The van der Waals surface area contributed by atoms with Crippen molar-refractivity contribution in [2.45, 2.75) is 22.4 Å². The van der Waals surface area contributed by atoms with E-state index in [1.807, 2.05) is 91.0 Å². The normalized spacial score (nSPS) is 21.8. The number of nitrogens with zero attached hydrogens (tertiary/aromatic N) is 1. The van der Waals surface area contributed by atoms with Crippen LogP contribution >= 0.6 is 23.2 Å². The number of rotatable bonds is 4. The van der Waals surface area contributed by atoms with Gasteiger partial charge in [-0.05, 0) is 40.5 Å². The van der Waals surface area contributed by atoms with Gasteiger partial charge in [-0.2, -0.15) is 0 Å². The van der Waals surface area contributed by atoms with Gasteiger partial charge in [-0.25, -0.2) is 0 Å². The molecule has 5 rings (SSSR count). The molecular weight excluding hydrogens is 439 g/mol. The van der Waals surface area contributed by atoms with Crippen LogP contribution in [-0.2, 0) is 5.60 Å². The molecule has 160 valence electrons. The lowest BCUT2D eigenvalue weighted by atomic mass is 9.79. The third-order valence-electron chi connectivity index (χ3n) is 6.15. The summed E-state index contributed by atoms with van der Waals surface area (Å²) in [5.41, 5.74) is 3.32. The van der Waals surface area contributed by atoms with Crippen molar-refractivity contribution in [2.24, 2.45) is 0 Å². The molecular formula is C27H22Cl2N2O. The Kier molecular flexibility index (Phi) is 5.64. The zero-order chi connectivity index (χ0) is 22.1. The number of aromatic nitrogens is 1. The van der Waals surface area contributed by atoms with Crippen molar-refractivity contribution in [3.05, 3.63) is 131 Å². The molecule has 2 N–H and O–H groups in total. The van der Waals surface area contributed by atoms with E-state index in [2.05, 4.69) is 10.3 Å². The van der Waals surface area contributed by atoms with Gasteiger partial charge >= 0.3 is 0 Å². The maximum atomic E-state index is 12.1. The van der Waals surface area contributed by atoms with E-state index in [1.165, 1.54) is 0 Å². The Bertz CT molecular complexity index is 1160. The first-order valence-electron chi connectivity index (χ1n) is 10.5. The lowest BCUT2D eigenvalue weighted by molar-refractivity contribution is 0.125. The van der Waals surface area contributed by atoms with E-state index in [0.29, 0.717) is 5.56 Å². The molecule has 0 spiro atoms. The number of aliphatic hydroxyl groups is 1. The lowest BCUT2D eigenvalue weighted by Gasteiger charge is -2.37. The van der Waals surface area contributed by atoms with E-state index >= 15 is 0 Å². The molecule has 0 aliphatic carbocycles. The Morgan fingerprint density at radius 3 is 2.16 bits per heavy atom. The zero-order valence-electron chi connectivity index (χ0n) is 17.2. The number of hydrogen-bond acceptors (Lipinski definition) is 3. The summed E-state index contributed by atoms with van der Waals surface area (Å²) in [5.74, 6) is -0.120. The van der Waals surface area contributed by atoms with Crippen LogP contribution in [0.2, 0.25) is 0 Å².